The molecule has 68 valence electrons. The average molecular weight is 276 g/mol. The van der Waals surface area contributed by atoms with Crippen LogP contribution in [0.2, 0.25) is 5.02 Å². The highest BCUT2D eigenvalue weighted by Gasteiger charge is 2.08. The quantitative estimate of drug-likeness (QED) is 0.658. The average Bonchev–Trinajstić information content (AvgIpc) is 2.56. The SMILES string of the molecule is Cc1ccc(Cl)c2scc(CBr)c12. The van der Waals surface area contributed by atoms with E-state index in [2.05, 4.69) is 34.3 Å². The van der Waals surface area contributed by atoms with Crippen LogP contribution in [0, 0.1) is 6.92 Å². The molecule has 0 radical (unpaired) electrons. The number of alkyl halides is 1. The fourth-order valence-electron chi connectivity index (χ4n) is 1.46. The van der Waals surface area contributed by atoms with Crippen molar-refractivity contribution in [2.75, 3.05) is 0 Å². The van der Waals surface area contributed by atoms with Crippen LogP contribution in [0.1, 0.15) is 11.1 Å². The summed E-state index contributed by atoms with van der Waals surface area (Å²) >= 11 is 11.3. The zero-order chi connectivity index (χ0) is 9.42. The number of hydrogen-bond acceptors (Lipinski definition) is 1. The van der Waals surface area contributed by atoms with Gasteiger partial charge < -0.3 is 0 Å². The molecule has 0 bridgehead atoms. The highest BCUT2D eigenvalue weighted by atomic mass is 79.9. The zero-order valence-corrected chi connectivity index (χ0v) is 10.3. The van der Waals surface area contributed by atoms with Crippen molar-refractivity contribution in [2.24, 2.45) is 0 Å². The summed E-state index contributed by atoms with van der Waals surface area (Å²) in [5.41, 5.74) is 2.63. The Bertz CT molecular complexity index is 447. The van der Waals surface area contributed by atoms with Crippen LogP contribution in [0.5, 0.6) is 0 Å². The molecule has 3 heteroatoms. The van der Waals surface area contributed by atoms with Crippen LogP contribution in [0.4, 0.5) is 0 Å². The molecule has 0 nitrogen and oxygen atoms in total. The number of benzene rings is 1. The third kappa shape index (κ3) is 1.51. The van der Waals surface area contributed by atoms with Gasteiger partial charge in [0.25, 0.3) is 0 Å². The van der Waals surface area contributed by atoms with Gasteiger partial charge in [-0.15, -0.1) is 11.3 Å². The Morgan fingerprint density at radius 1 is 1.46 bits per heavy atom. The van der Waals surface area contributed by atoms with Gasteiger partial charge in [0.1, 0.15) is 0 Å². The highest BCUT2D eigenvalue weighted by Crippen LogP contribution is 2.35. The van der Waals surface area contributed by atoms with Crippen LogP contribution in [0.3, 0.4) is 0 Å². The highest BCUT2D eigenvalue weighted by molar-refractivity contribution is 9.08. The van der Waals surface area contributed by atoms with Crippen molar-refractivity contribution in [1.29, 1.82) is 0 Å². The van der Waals surface area contributed by atoms with Gasteiger partial charge >= 0.3 is 0 Å². The van der Waals surface area contributed by atoms with Crippen molar-refractivity contribution >= 4 is 49.0 Å². The molecule has 0 saturated heterocycles. The largest absolute Gasteiger partial charge is 0.142 e. The Hall–Kier alpha value is -0.0500. The van der Waals surface area contributed by atoms with E-state index in [1.165, 1.54) is 21.2 Å². The van der Waals surface area contributed by atoms with E-state index in [0.29, 0.717) is 0 Å². The van der Waals surface area contributed by atoms with Gasteiger partial charge in [0, 0.05) is 10.7 Å². The molecule has 1 heterocycles. The van der Waals surface area contributed by atoms with Crippen molar-refractivity contribution in [3.63, 3.8) is 0 Å². The van der Waals surface area contributed by atoms with Gasteiger partial charge in [-0.05, 0) is 29.5 Å². The third-order valence-electron chi connectivity index (χ3n) is 2.10. The number of fused-ring (bicyclic) bond motifs is 1. The van der Waals surface area contributed by atoms with E-state index in [1.54, 1.807) is 11.3 Å². The molecule has 0 aliphatic carbocycles. The Morgan fingerprint density at radius 2 is 2.23 bits per heavy atom. The molecule has 0 unspecified atom stereocenters. The molecule has 0 saturated carbocycles. The maximum Gasteiger partial charge on any atom is 0.0584 e. The standard InChI is InChI=1S/C10H8BrClS/c1-6-2-3-8(12)10-9(6)7(4-11)5-13-10/h2-3,5H,4H2,1H3. The van der Waals surface area contributed by atoms with Crippen LogP contribution < -0.4 is 0 Å². The molecule has 2 aromatic rings. The van der Waals surface area contributed by atoms with Gasteiger partial charge in [0.2, 0.25) is 0 Å². The molecule has 0 aliphatic rings. The first kappa shape index (κ1) is 9.50. The molecule has 0 aliphatic heterocycles. The van der Waals surface area contributed by atoms with Crippen LogP contribution in [-0.4, -0.2) is 0 Å². The van der Waals surface area contributed by atoms with Crippen LogP contribution in [0.25, 0.3) is 10.1 Å². The number of halogens is 2. The predicted octanol–water partition coefficient (Wildman–Crippen LogP) is 4.76. The summed E-state index contributed by atoms with van der Waals surface area (Å²) in [5, 5.41) is 5.24. The van der Waals surface area contributed by atoms with E-state index in [4.69, 9.17) is 11.6 Å². The topological polar surface area (TPSA) is 0 Å². The number of aryl methyl sites for hydroxylation is 1. The van der Waals surface area contributed by atoms with Crippen molar-refractivity contribution in [3.05, 3.63) is 33.7 Å². The molecular formula is C10H8BrClS. The molecule has 0 fully saturated rings. The second-order valence-corrected chi connectivity index (χ2v) is 4.81. The van der Waals surface area contributed by atoms with Crippen molar-refractivity contribution in [3.8, 4) is 0 Å². The molecule has 2 rings (SSSR count). The van der Waals surface area contributed by atoms with E-state index in [0.717, 1.165) is 10.4 Å². The van der Waals surface area contributed by atoms with Crippen LogP contribution in [-0.2, 0) is 5.33 Å². The third-order valence-corrected chi connectivity index (χ3v) is 4.20. The molecule has 0 atom stereocenters. The first-order valence-electron chi connectivity index (χ1n) is 3.95. The summed E-state index contributed by atoms with van der Waals surface area (Å²) in [6, 6.07) is 4.04. The lowest BCUT2D eigenvalue weighted by atomic mass is 10.1. The van der Waals surface area contributed by atoms with Gasteiger partial charge in [0.05, 0.1) is 9.72 Å². The maximum absolute atomic E-state index is 6.09. The molecule has 1 aromatic carbocycles. The molecule has 0 N–H and O–H groups in total. The van der Waals surface area contributed by atoms with Crippen LogP contribution in [0.15, 0.2) is 17.5 Å². The molecule has 0 amide bonds. The van der Waals surface area contributed by atoms with E-state index in [9.17, 15) is 0 Å². The van der Waals surface area contributed by atoms with Gasteiger partial charge in [-0.2, -0.15) is 0 Å². The Kier molecular flexibility index (Phi) is 2.63. The van der Waals surface area contributed by atoms with E-state index in [1.807, 2.05) is 6.07 Å². The second-order valence-electron chi connectivity index (χ2n) is 2.96. The Labute approximate surface area is 94.7 Å². The monoisotopic (exact) mass is 274 g/mol. The molecule has 1 aromatic heterocycles. The number of hydrogen-bond donors (Lipinski definition) is 0. The molecule has 13 heavy (non-hydrogen) atoms. The van der Waals surface area contributed by atoms with Crippen molar-refractivity contribution < 1.29 is 0 Å². The molecule has 0 spiro atoms. The summed E-state index contributed by atoms with van der Waals surface area (Å²) in [5.74, 6) is 0. The summed E-state index contributed by atoms with van der Waals surface area (Å²) in [6.45, 7) is 2.12. The first-order chi connectivity index (χ1) is 6.24. The summed E-state index contributed by atoms with van der Waals surface area (Å²) in [7, 11) is 0. The summed E-state index contributed by atoms with van der Waals surface area (Å²) in [4.78, 5) is 0. The first-order valence-corrected chi connectivity index (χ1v) is 6.33. The fourth-order valence-corrected chi connectivity index (χ4v) is 3.46. The lowest BCUT2D eigenvalue weighted by Crippen LogP contribution is -1.78. The number of rotatable bonds is 1. The van der Waals surface area contributed by atoms with Gasteiger partial charge in [-0.1, -0.05) is 33.6 Å². The summed E-state index contributed by atoms with van der Waals surface area (Å²) < 4.78 is 1.20. The molecular weight excluding hydrogens is 268 g/mol. The van der Waals surface area contributed by atoms with Gasteiger partial charge in [-0.3, -0.25) is 0 Å². The smallest absolute Gasteiger partial charge is 0.0584 e. The van der Waals surface area contributed by atoms with E-state index >= 15 is 0 Å². The van der Waals surface area contributed by atoms with Crippen molar-refractivity contribution in [2.45, 2.75) is 12.3 Å². The minimum Gasteiger partial charge on any atom is -0.142 e. The van der Waals surface area contributed by atoms with Crippen molar-refractivity contribution in [1.82, 2.24) is 0 Å². The second kappa shape index (κ2) is 3.60. The fraction of sp³-hybridized carbons (Fsp3) is 0.200. The zero-order valence-electron chi connectivity index (χ0n) is 7.10. The predicted molar refractivity (Wildman–Crippen MR) is 64.2 cm³/mol. The lowest BCUT2D eigenvalue weighted by Gasteiger charge is -2.00. The number of thiophene rings is 1. The van der Waals surface area contributed by atoms with Crippen LogP contribution >= 0.6 is 38.9 Å². The maximum atomic E-state index is 6.09. The van der Waals surface area contributed by atoms with E-state index in [-0.39, 0.29) is 0 Å². The summed E-state index contributed by atoms with van der Waals surface area (Å²) in [6.07, 6.45) is 0. The Morgan fingerprint density at radius 3 is 2.92 bits per heavy atom. The van der Waals surface area contributed by atoms with Gasteiger partial charge in [0.15, 0.2) is 0 Å². The van der Waals surface area contributed by atoms with Gasteiger partial charge in [-0.25, -0.2) is 0 Å². The lowest BCUT2D eigenvalue weighted by molar-refractivity contribution is 1.48. The Balaban J connectivity index is 2.87. The normalized spacial score (nSPS) is 11.0. The van der Waals surface area contributed by atoms with E-state index < -0.39 is 0 Å². The minimum absolute atomic E-state index is 0.859. The minimum atomic E-state index is 0.859.